The highest BCUT2D eigenvalue weighted by atomic mass is 35.5. The van der Waals surface area contributed by atoms with Gasteiger partial charge in [-0.1, -0.05) is 18.2 Å². The number of hydrogen-bond donors (Lipinski definition) is 2. The van der Waals surface area contributed by atoms with Gasteiger partial charge in [-0.2, -0.15) is 0 Å². The van der Waals surface area contributed by atoms with E-state index in [4.69, 9.17) is 11.6 Å². The minimum absolute atomic E-state index is 0.0340. The molecule has 0 spiro atoms. The molecule has 1 aromatic heterocycles. The van der Waals surface area contributed by atoms with Crippen molar-refractivity contribution in [3.63, 3.8) is 0 Å². The van der Waals surface area contributed by atoms with Crippen LogP contribution in [0, 0.1) is 0 Å². The maximum absolute atomic E-state index is 12.2. The van der Waals surface area contributed by atoms with Gasteiger partial charge in [0.05, 0.1) is 24.2 Å². The van der Waals surface area contributed by atoms with Gasteiger partial charge in [0.2, 0.25) is 5.28 Å². The van der Waals surface area contributed by atoms with Crippen molar-refractivity contribution in [3.8, 4) is 0 Å². The van der Waals surface area contributed by atoms with Crippen molar-refractivity contribution < 1.29 is 13.5 Å². The fourth-order valence-electron chi connectivity index (χ4n) is 1.60. The summed E-state index contributed by atoms with van der Waals surface area (Å²) in [7, 11) is -3.83. The van der Waals surface area contributed by atoms with Gasteiger partial charge in [-0.3, -0.25) is 4.72 Å². The van der Waals surface area contributed by atoms with Crippen molar-refractivity contribution in [1.82, 2.24) is 9.97 Å². The lowest BCUT2D eigenvalue weighted by Gasteiger charge is -2.13. The zero-order valence-electron chi connectivity index (χ0n) is 10.5. The van der Waals surface area contributed by atoms with Crippen LogP contribution < -0.4 is 4.72 Å². The van der Waals surface area contributed by atoms with E-state index in [0.717, 1.165) is 12.4 Å². The minimum Gasteiger partial charge on any atom is -0.389 e. The van der Waals surface area contributed by atoms with Crippen LogP contribution in [0.2, 0.25) is 5.28 Å². The number of para-hydroxylation sites is 1. The van der Waals surface area contributed by atoms with E-state index in [0.29, 0.717) is 11.3 Å². The second-order valence-corrected chi connectivity index (χ2v) is 6.08. The zero-order chi connectivity index (χ0) is 14.8. The molecule has 0 bridgehead atoms. The molecule has 0 saturated heterocycles. The van der Waals surface area contributed by atoms with Gasteiger partial charge >= 0.3 is 0 Å². The predicted octanol–water partition coefficient (Wildman–Crippen LogP) is 1.98. The molecule has 0 saturated carbocycles. The van der Waals surface area contributed by atoms with Crippen molar-refractivity contribution >= 4 is 27.3 Å². The van der Waals surface area contributed by atoms with Crippen molar-refractivity contribution in [2.75, 3.05) is 4.72 Å². The highest BCUT2D eigenvalue weighted by Gasteiger charge is 2.18. The first-order chi connectivity index (χ1) is 9.40. The van der Waals surface area contributed by atoms with Crippen LogP contribution in [0.3, 0.4) is 0 Å². The summed E-state index contributed by atoms with van der Waals surface area (Å²) in [6.45, 7) is 1.55. The van der Waals surface area contributed by atoms with Gasteiger partial charge in [-0.05, 0) is 24.6 Å². The SMILES string of the molecule is CC(O)c1ccccc1NS(=O)(=O)c1cnc(Cl)nc1. The van der Waals surface area contributed by atoms with Gasteiger partial charge < -0.3 is 5.11 Å². The monoisotopic (exact) mass is 313 g/mol. The number of nitrogens with one attached hydrogen (secondary N) is 1. The molecular weight excluding hydrogens is 302 g/mol. The van der Waals surface area contributed by atoms with Gasteiger partial charge in [-0.25, -0.2) is 18.4 Å². The predicted molar refractivity (Wildman–Crippen MR) is 74.9 cm³/mol. The summed E-state index contributed by atoms with van der Waals surface area (Å²) < 4.78 is 26.7. The number of aliphatic hydroxyl groups excluding tert-OH is 1. The molecule has 1 unspecified atom stereocenters. The quantitative estimate of drug-likeness (QED) is 0.842. The molecule has 8 heteroatoms. The van der Waals surface area contributed by atoms with E-state index < -0.39 is 16.1 Å². The van der Waals surface area contributed by atoms with Crippen LogP contribution in [0.1, 0.15) is 18.6 Å². The zero-order valence-corrected chi connectivity index (χ0v) is 12.1. The third-order valence-electron chi connectivity index (χ3n) is 2.56. The first-order valence-electron chi connectivity index (χ1n) is 5.67. The van der Waals surface area contributed by atoms with Crippen LogP contribution in [0.5, 0.6) is 0 Å². The Hall–Kier alpha value is -1.70. The van der Waals surface area contributed by atoms with E-state index in [1.165, 1.54) is 0 Å². The summed E-state index contributed by atoms with van der Waals surface area (Å²) in [6, 6.07) is 6.59. The van der Waals surface area contributed by atoms with Crippen molar-refractivity contribution in [1.29, 1.82) is 0 Å². The summed E-state index contributed by atoms with van der Waals surface area (Å²) in [5, 5.41) is 9.60. The largest absolute Gasteiger partial charge is 0.389 e. The molecule has 2 aromatic rings. The Morgan fingerprint density at radius 1 is 1.25 bits per heavy atom. The van der Waals surface area contributed by atoms with Crippen LogP contribution in [0.15, 0.2) is 41.6 Å². The second-order valence-electron chi connectivity index (χ2n) is 4.06. The molecule has 1 atom stereocenters. The van der Waals surface area contributed by atoms with Crippen molar-refractivity contribution in [3.05, 3.63) is 47.5 Å². The Balaban J connectivity index is 2.36. The number of benzene rings is 1. The number of halogens is 1. The molecule has 0 aliphatic heterocycles. The minimum atomic E-state index is -3.83. The maximum atomic E-state index is 12.2. The fraction of sp³-hybridized carbons (Fsp3) is 0.167. The number of aromatic nitrogens is 2. The third-order valence-corrected chi connectivity index (χ3v) is 4.08. The van der Waals surface area contributed by atoms with E-state index in [2.05, 4.69) is 14.7 Å². The Bertz CT molecular complexity index is 702. The lowest BCUT2D eigenvalue weighted by atomic mass is 10.1. The first-order valence-corrected chi connectivity index (χ1v) is 7.53. The van der Waals surface area contributed by atoms with Gasteiger partial charge in [0.1, 0.15) is 4.90 Å². The van der Waals surface area contributed by atoms with E-state index >= 15 is 0 Å². The molecule has 0 aliphatic carbocycles. The topological polar surface area (TPSA) is 92.2 Å². The van der Waals surface area contributed by atoms with E-state index in [1.807, 2.05) is 0 Å². The number of nitrogens with zero attached hydrogens (tertiary/aromatic N) is 2. The molecule has 20 heavy (non-hydrogen) atoms. The van der Waals surface area contributed by atoms with Gasteiger partial charge in [0.15, 0.2) is 0 Å². The van der Waals surface area contributed by atoms with Gasteiger partial charge in [-0.15, -0.1) is 0 Å². The van der Waals surface area contributed by atoms with E-state index in [-0.39, 0.29) is 10.2 Å². The molecule has 2 N–H and O–H groups in total. The number of hydrogen-bond acceptors (Lipinski definition) is 5. The number of aliphatic hydroxyl groups is 1. The fourth-order valence-corrected chi connectivity index (χ4v) is 2.67. The Kier molecular flexibility index (Phi) is 4.22. The molecule has 0 amide bonds. The molecular formula is C12H12ClN3O3S. The Morgan fingerprint density at radius 2 is 1.85 bits per heavy atom. The summed E-state index contributed by atoms with van der Waals surface area (Å²) in [6.07, 6.45) is 1.43. The highest BCUT2D eigenvalue weighted by Crippen LogP contribution is 2.24. The molecule has 2 rings (SSSR count). The summed E-state index contributed by atoms with van der Waals surface area (Å²) in [5.74, 6) is 0. The Labute approximate surface area is 121 Å². The van der Waals surface area contributed by atoms with Crippen molar-refractivity contribution in [2.24, 2.45) is 0 Å². The van der Waals surface area contributed by atoms with Crippen LogP contribution in [-0.2, 0) is 10.0 Å². The summed E-state index contributed by atoms with van der Waals surface area (Å²) in [5.41, 5.74) is 0.781. The summed E-state index contributed by atoms with van der Waals surface area (Å²) >= 11 is 5.52. The van der Waals surface area contributed by atoms with E-state index in [1.54, 1.807) is 31.2 Å². The Morgan fingerprint density at radius 3 is 2.45 bits per heavy atom. The molecule has 106 valence electrons. The highest BCUT2D eigenvalue weighted by molar-refractivity contribution is 7.92. The van der Waals surface area contributed by atoms with Crippen LogP contribution in [0.4, 0.5) is 5.69 Å². The van der Waals surface area contributed by atoms with Gasteiger partial charge in [0.25, 0.3) is 10.0 Å². The average Bonchev–Trinajstić information content (AvgIpc) is 2.39. The summed E-state index contributed by atoms with van der Waals surface area (Å²) in [4.78, 5) is 7.15. The second kappa shape index (κ2) is 5.74. The standard InChI is InChI=1S/C12H12ClN3O3S/c1-8(17)10-4-2-3-5-11(10)16-20(18,19)9-6-14-12(13)15-7-9/h2-8,16-17H,1H3. The van der Waals surface area contributed by atoms with Crippen LogP contribution in [-0.4, -0.2) is 23.5 Å². The van der Waals surface area contributed by atoms with Crippen LogP contribution in [0.25, 0.3) is 0 Å². The first kappa shape index (κ1) is 14.7. The molecule has 0 fully saturated rings. The maximum Gasteiger partial charge on any atom is 0.264 e. The molecule has 1 aromatic carbocycles. The average molecular weight is 314 g/mol. The number of anilines is 1. The molecule has 1 heterocycles. The van der Waals surface area contributed by atoms with Crippen LogP contribution >= 0.6 is 11.6 Å². The van der Waals surface area contributed by atoms with E-state index in [9.17, 15) is 13.5 Å². The molecule has 6 nitrogen and oxygen atoms in total. The lowest BCUT2D eigenvalue weighted by Crippen LogP contribution is -2.15. The molecule has 0 radical (unpaired) electrons. The molecule has 0 aliphatic rings. The van der Waals surface area contributed by atoms with Crippen molar-refractivity contribution in [2.45, 2.75) is 17.9 Å². The van der Waals surface area contributed by atoms with Gasteiger partial charge in [0, 0.05) is 5.56 Å². The normalized spacial score (nSPS) is 12.9. The third kappa shape index (κ3) is 3.24. The lowest BCUT2D eigenvalue weighted by molar-refractivity contribution is 0.200. The number of rotatable bonds is 4. The number of sulfonamides is 1. The smallest absolute Gasteiger partial charge is 0.264 e.